The Labute approximate surface area is 150 Å². The summed E-state index contributed by atoms with van der Waals surface area (Å²) in [6.45, 7) is 3.87. The normalized spacial score (nSPS) is 35.2. The number of rotatable bonds is 1. The maximum absolute atomic E-state index is 13.3. The lowest BCUT2D eigenvalue weighted by atomic mass is 9.69. The van der Waals surface area contributed by atoms with Crippen LogP contribution < -0.4 is 4.90 Å². The smallest absolute Gasteiger partial charge is 0.240 e. The number of fused-ring (bicyclic) bond motifs is 6. The predicted molar refractivity (Wildman–Crippen MR) is 93.1 cm³/mol. The molecule has 4 heterocycles. The first-order chi connectivity index (χ1) is 12.4. The molecule has 2 amide bonds. The number of aromatic nitrogens is 1. The third-order valence-corrected chi connectivity index (χ3v) is 6.33. The van der Waals surface area contributed by atoms with E-state index in [4.69, 9.17) is 4.74 Å². The molecule has 0 aliphatic carbocycles. The minimum absolute atomic E-state index is 0.220. The summed E-state index contributed by atoms with van der Waals surface area (Å²) in [5, 5.41) is 10.6. The average Bonchev–Trinajstić information content (AvgIpc) is 3.18. The van der Waals surface area contributed by atoms with Crippen LogP contribution in [0.2, 0.25) is 0 Å². The molecule has 2 aromatic rings. The molecule has 0 N–H and O–H groups in total. The Morgan fingerprint density at radius 1 is 1.12 bits per heavy atom. The van der Waals surface area contributed by atoms with Crippen molar-refractivity contribution in [2.75, 3.05) is 4.90 Å². The second-order valence-electron chi connectivity index (χ2n) is 7.84. The molecular weight excluding hydrogens is 330 g/mol. The number of imide groups is 1. The van der Waals surface area contributed by atoms with E-state index in [0.717, 1.165) is 12.8 Å². The highest BCUT2D eigenvalue weighted by Gasteiger charge is 2.72. The van der Waals surface area contributed by atoms with Gasteiger partial charge < -0.3 is 4.74 Å². The molecule has 0 saturated carbocycles. The van der Waals surface area contributed by atoms with E-state index in [-0.39, 0.29) is 17.5 Å². The summed E-state index contributed by atoms with van der Waals surface area (Å²) in [7, 11) is 0. The molecule has 6 heteroatoms. The van der Waals surface area contributed by atoms with Gasteiger partial charge in [0.2, 0.25) is 11.8 Å². The monoisotopic (exact) mass is 347 g/mol. The first kappa shape index (κ1) is 15.5. The predicted octanol–water partition coefficient (Wildman–Crippen LogP) is 2.55. The number of nitrogens with zero attached hydrogens (tertiary/aromatic N) is 3. The van der Waals surface area contributed by atoms with E-state index in [1.807, 2.05) is 32.0 Å². The molecule has 3 aliphatic heterocycles. The molecule has 2 bridgehead atoms. The fourth-order valence-electron chi connectivity index (χ4n) is 5.15. The van der Waals surface area contributed by atoms with Crippen molar-refractivity contribution in [2.24, 2.45) is 11.8 Å². The van der Waals surface area contributed by atoms with Crippen molar-refractivity contribution in [3.63, 3.8) is 0 Å². The number of benzene rings is 1. The van der Waals surface area contributed by atoms with Gasteiger partial charge in [-0.25, -0.2) is 9.88 Å². The summed E-state index contributed by atoms with van der Waals surface area (Å²) in [4.78, 5) is 32.0. The third kappa shape index (κ3) is 1.66. The molecule has 4 atom stereocenters. The topological polar surface area (TPSA) is 83.3 Å². The first-order valence-corrected chi connectivity index (χ1v) is 8.75. The molecule has 0 spiro atoms. The van der Waals surface area contributed by atoms with Crippen molar-refractivity contribution >= 4 is 28.3 Å². The SMILES string of the molecule is C[C@]12CC[C@](C)(O1)C1C(=O)N(c3cnc(C#N)c4ccccc34)C(=O)[C@H]12. The lowest BCUT2D eigenvalue weighted by Crippen LogP contribution is -2.40. The average molecular weight is 347 g/mol. The van der Waals surface area contributed by atoms with Crippen LogP contribution in [0.15, 0.2) is 30.5 Å². The van der Waals surface area contributed by atoms with E-state index in [0.29, 0.717) is 16.5 Å². The van der Waals surface area contributed by atoms with Gasteiger partial charge in [0, 0.05) is 10.8 Å². The number of carbonyl (C=O) groups is 2. The maximum Gasteiger partial charge on any atom is 0.240 e. The molecule has 130 valence electrons. The first-order valence-electron chi connectivity index (χ1n) is 8.75. The van der Waals surface area contributed by atoms with Crippen molar-refractivity contribution in [1.29, 1.82) is 5.26 Å². The minimum atomic E-state index is -0.587. The number of carbonyl (C=O) groups excluding carboxylic acids is 2. The highest BCUT2D eigenvalue weighted by atomic mass is 16.5. The van der Waals surface area contributed by atoms with Gasteiger partial charge in [0.1, 0.15) is 11.8 Å². The van der Waals surface area contributed by atoms with E-state index in [1.54, 1.807) is 6.07 Å². The number of hydrogen-bond donors (Lipinski definition) is 0. The minimum Gasteiger partial charge on any atom is -0.367 e. The van der Waals surface area contributed by atoms with Gasteiger partial charge >= 0.3 is 0 Å². The van der Waals surface area contributed by atoms with Crippen LogP contribution in [0.1, 0.15) is 32.4 Å². The largest absolute Gasteiger partial charge is 0.367 e. The van der Waals surface area contributed by atoms with Crippen LogP contribution in [0.3, 0.4) is 0 Å². The van der Waals surface area contributed by atoms with Crippen molar-refractivity contribution in [1.82, 2.24) is 4.98 Å². The molecule has 1 aromatic carbocycles. The fraction of sp³-hybridized carbons (Fsp3) is 0.400. The summed E-state index contributed by atoms with van der Waals surface area (Å²) in [5.74, 6) is -1.35. The molecule has 3 fully saturated rings. The quantitative estimate of drug-likeness (QED) is 0.740. The number of pyridine rings is 1. The zero-order valence-corrected chi connectivity index (χ0v) is 14.5. The van der Waals surface area contributed by atoms with Crippen LogP contribution in [0.25, 0.3) is 10.8 Å². The Kier molecular flexibility index (Phi) is 2.79. The summed E-state index contributed by atoms with van der Waals surface area (Å²) in [6, 6.07) is 9.31. The van der Waals surface area contributed by atoms with Crippen molar-refractivity contribution < 1.29 is 14.3 Å². The lowest BCUT2D eigenvalue weighted by molar-refractivity contribution is -0.129. The van der Waals surface area contributed by atoms with Gasteiger partial charge in [-0.2, -0.15) is 5.26 Å². The number of ether oxygens (including phenoxy) is 1. The molecule has 5 rings (SSSR count). The van der Waals surface area contributed by atoms with Gasteiger partial charge in [0.15, 0.2) is 0 Å². The Morgan fingerprint density at radius 3 is 2.27 bits per heavy atom. The van der Waals surface area contributed by atoms with E-state index in [9.17, 15) is 14.9 Å². The third-order valence-electron chi connectivity index (χ3n) is 6.33. The van der Waals surface area contributed by atoms with Crippen molar-refractivity contribution in [2.45, 2.75) is 37.9 Å². The summed E-state index contributed by atoms with van der Waals surface area (Å²) in [5.41, 5.74) is -0.436. The summed E-state index contributed by atoms with van der Waals surface area (Å²) in [6.07, 6.45) is 3.03. The second-order valence-corrected chi connectivity index (χ2v) is 7.84. The van der Waals surface area contributed by atoms with E-state index in [1.165, 1.54) is 11.1 Å². The van der Waals surface area contributed by atoms with Crippen LogP contribution in [-0.2, 0) is 14.3 Å². The highest BCUT2D eigenvalue weighted by molar-refractivity contribution is 6.26. The summed E-state index contributed by atoms with van der Waals surface area (Å²) < 4.78 is 6.14. The molecule has 26 heavy (non-hydrogen) atoms. The zero-order chi connectivity index (χ0) is 18.3. The number of anilines is 1. The number of hydrogen-bond acceptors (Lipinski definition) is 5. The summed E-state index contributed by atoms with van der Waals surface area (Å²) >= 11 is 0. The standard InChI is InChI=1S/C20H17N3O3/c1-19-7-8-20(2,26-19)16-15(19)17(24)23(18(16)25)14-10-22-13(9-21)11-5-3-4-6-12(11)14/h3-6,10,15-16H,7-8H2,1-2H3/t15-,16?,19+,20-/m0/s1. The molecular formula is C20H17N3O3. The van der Waals surface area contributed by atoms with E-state index >= 15 is 0 Å². The Bertz CT molecular complexity index is 1010. The molecule has 0 radical (unpaired) electrons. The van der Waals surface area contributed by atoms with E-state index < -0.39 is 23.0 Å². The van der Waals surface area contributed by atoms with Gasteiger partial charge in [-0.05, 0) is 26.7 Å². The van der Waals surface area contributed by atoms with Gasteiger partial charge in [0.05, 0.1) is 34.9 Å². The lowest BCUT2D eigenvalue weighted by Gasteiger charge is -2.27. The molecule has 1 aromatic heterocycles. The van der Waals surface area contributed by atoms with Gasteiger partial charge in [-0.1, -0.05) is 24.3 Å². The fourth-order valence-corrected chi connectivity index (χ4v) is 5.15. The zero-order valence-electron chi connectivity index (χ0n) is 14.5. The van der Waals surface area contributed by atoms with Crippen LogP contribution in [0.5, 0.6) is 0 Å². The second kappa shape index (κ2) is 4.68. The van der Waals surface area contributed by atoms with Crippen LogP contribution in [0.4, 0.5) is 5.69 Å². The molecule has 1 unspecified atom stereocenters. The highest BCUT2D eigenvalue weighted by Crippen LogP contribution is 2.61. The van der Waals surface area contributed by atoms with Crippen molar-refractivity contribution in [3.05, 3.63) is 36.2 Å². The van der Waals surface area contributed by atoms with Gasteiger partial charge in [-0.3, -0.25) is 9.59 Å². The van der Waals surface area contributed by atoms with E-state index in [2.05, 4.69) is 11.1 Å². The number of amides is 2. The number of nitriles is 1. The van der Waals surface area contributed by atoms with Crippen LogP contribution >= 0.6 is 0 Å². The Balaban J connectivity index is 1.70. The molecule has 6 nitrogen and oxygen atoms in total. The maximum atomic E-state index is 13.3. The Morgan fingerprint density at radius 2 is 1.69 bits per heavy atom. The van der Waals surface area contributed by atoms with Gasteiger partial charge in [0.25, 0.3) is 0 Å². The Hall–Kier alpha value is -2.78. The van der Waals surface area contributed by atoms with Crippen LogP contribution in [-0.4, -0.2) is 28.0 Å². The molecule has 3 aliphatic rings. The van der Waals surface area contributed by atoms with Crippen LogP contribution in [0, 0.1) is 23.2 Å². The van der Waals surface area contributed by atoms with Gasteiger partial charge in [-0.15, -0.1) is 0 Å². The molecule has 3 saturated heterocycles. The van der Waals surface area contributed by atoms with Crippen molar-refractivity contribution in [3.8, 4) is 6.07 Å².